The molecule has 176 valence electrons. The first-order chi connectivity index (χ1) is 16.0. The highest BCUT2D eigenvalue weighted by Gasteiger charge is 2.27. The monoisotopic (exact) mass is 457 g/mol. The van der Waals surface area contributed by atoms with Crippen LogP contribution in [0, 0.1) is 17.6 Å². The molecule has 0 bridgehead atoms. The van der Waals surface area contributed by atoms with Gasteiger partial charge in [-0.1, -0.05) is 6.07 Å². The lowest BCUT2D eigenvalue weighted by Crippen LogP contribution is -2.23. The summed E-state index contributed by atoms with van der Waals surface area (Å²) in [5.74, 6) is 0.0714. The van der Waals surface area contributed by atoms with E-state index in [0.29, 0.717) is 41.7 Å². The summed E-state index contributed by atoms with van der Waals surface area (Å²) in [6, 6.07) is 3.73. The molecule has 3 N–H and O–H groups in total. The van der Waals surface area contributed by atoms with Crippen LogP contribution >= 0.6 is 0 Å². The number of anilines is 2. The van der Waals surface area contributed by atoms with Gasteiger partial charge >= 0.3 is 0 Å². The lowest BCUT2D eigenvalue weighted by atomic mass is 9.85. The van der Waals surface area contributed by atoms with Crippen LogP contribution in [0.15, 0.2) is 24.4 Å². The number of rotatable bonds is 5. The minimum atomic E-state index is -0.695. The third kappa shape index (κ3) is 4.70. The Kier molecular flexibility index (Phi) is 6.25. The molecule has 0 aliphatic heterocycles. The molecule has 2 saturated carbocycles. The lowest BCUT2D eigenvalue weighted by Gasteiger charge is -2.28. The molecule has 3 aromatic rings. The van der Waals surface area contributed by atoms with Gasteiger partial charge in [-0.3, -0.25) is 4.57 Å². The van der Waals surface area contributed by atoms with Crippen molar-refractivity contribution in [1.82, 2.24) is 19.5 Å². The van der Waals surface area contributed by atoms with E-state index in [4.69, 9.17) is 4.98 Å². The van der Waals surface area contributed by atoms with Crippen LogP contribution in [0.5, 0.6) is 0 Å². The second kappa shape index (κ2) is 9.30. The number of benzene rings is 1. The maximum Gasteiger partial charge on any atom is 0.210 e. The lowest BCUT2D eigenvalue weighted by molar-refractivity contribution is 0.108. The van der Waals surface area contributed by atoms with Gasteiger partial charge in [-0.2, -0.15) is 0 Å². The largest absolute Gasteiger partial charge is 0.393 e. The van der Waals surface area contributed by atoms with Crippen molar-refractivity contribution in [2.45, 2.75) is 76.0 Å². The summed E-state index contributed by atoms with van der Waals surface area (Å²) < 4.78 is 30.6. The number of aliphatic hydroxyl groups is 2. The number of aliphatic hydroxyl groups excluding tert-OH is 2. The maximum atomic E-state index is 14.4. The second-order valence-corrected chi connectivity index (χ2v) is 9.36. The molecule has 0 radical (unpaired) electrons. The normalized spacial score (nSPS) is 25.9. The highest BCUT2D eigenvalue weighted by Crippen LogP contribution is 2.36. The number of halogens is 2. The molecule has 2 aliphatic rings. The third-order valence-corrected chi connectivity index (χ3v) is 7.00. The molecular weight excluding hydrogens is 428 g/mol. The van der Waals surface area contributed by atoms with Crippen LogP contribution in [0.3, 0.4) is 0 Å². The van der Waals surface area contributed by atoms with E-state index < -0.39 is 11.6 Å². The minimum absolute atomic E-state index is 0.00307. The van der Waals surface area contributed by atoms with Crippen molar-refractivity contribution in [2.75, 3.05) is 5.32 Å². The van der Waals surface area contributed by atoms with Gasteiger partial charge in [0.1, 0.15) is 28.7 Å². The molecule has 33 heavy (non-hydrogen) atoms. The average Bonchev–Trinajstić information content (AvgIpc) is 3.16. The fourth-order valence-corrected chi connectivity index (χ4v) is 5.11. The first-order valence-electron chi connectivity index (χ1n) is 11.8. The zero-order valence-electron chi connectivity index (χ0n) is 18.4. The van der Waals surface area contributed by atoms with E-state index >= 15 is 0 Å². The topological polar surface area (TPSA) is 96.1 Å². The van der Waals surface area contributed by atoms with Crippen LogP contribution in [0.4, 0.5) is 20.4 Å². The van der Waals surface area contributed by atoms with Crippen molar-refractivity contribution in [3.63, 3.8) is 0 Å². The number of nitrogens with zero attached hydrogens (tertiary/aromatic N) is 4. The van der Waals surface area contributed by atoms with Gasteiger partial charge in [0.15, 0.2) is 5.65 Å². The van der Waals surface area contributed by atoms with Crippen LogP contribution in [-0.4, -0.2) is 41.9 Å². The summed E-state index contributed by atoms with van der Waals surface area (Å²) in [7, 11) is 0. The fraction of sp³-hybridized carbons (Fsp3) is 0.542. The minimum Gasteiger partial charge on any atom is -0.393 e. The number of nitrogens with one attached hydrogen (secondary N) is 1. The predicted molar refractivity (Wildman–Crippen MR) is 120 cm³/mol. The van der Waals surface area contributed by atoms with Crippen molar-refractivity contribution < 1.29 is 19.0 Å². The van der Waals surface area contributed by atoms with Crippen molar-refractivity contribution in [3.8, 4) is 0 Å². The molecule has 2 heterocycles. The Morgan fingerprint density at radius 1 is 0.909 bits per heavy atom. The maximum absolute atomic E-state index is 14.4. The molecular formula is C24H29F2N5O2. The Morgan fingerprint density at radius 2 is 1.55 bits per heavy atom. The van der Waals surface area contributed by atoms with E-state index in [1.807, 2.05) is 4.57 Å². The Hall–Kier alpha value is -2.65. The van der Waals surface area contributed by atoms with Crippen LogP contribution in [0.2, 0.25) is 0 Å². The molecule has 5 rings (SSSR count). The Balaban J connectivity index is 1.51. The van der Waals surface area contributed by atoms with Crippen LogP contribution in [-0.2, 0) is 6.42 Å². The van der Waals surface area contributed by atoms with Gasteiger partial charge in [0.2, 0.25) is 5.95 Å². The smallest absolute Gasteiger partial charge is 0.210 e. The fourth-order valence-electron chi connectivity index (χ4n) is 5.11. The van der Waals surface area contributed by atoms with Gasteiger partial charge in [0.05, 0.1) is 18.4 Å². The molecule has 0 unspecified atom stereocenters. The summed E-state index contributed by atoms with van der Waals surface area (Å²) in [6.45, 7) is 0. The Labute approximate surface area is 190 Å². The third-order valence-electron chi connectivity index (χ3n) is 7.00. The number of para-hydroxylation sites is 1. The van der Waals surface area contributed by atoms with Crippen LogP contribution in [0.25, 0.3) is 11.2 Å². The van der Waals surface area contributed by atoms with Crippen LogP contribution < -0.4 is 5.32 Å². The number of fused-ring (bicyclic) bond motifs is 1. The van der Waals surface area contributed by atoms with E-state index in [-0.39, 0.29) is 23.9 Å². The molecule has 0 amide bonds. The van der Waals surface area contributed by atoms with Gasteiger partial charge in [-0.05, 0) is 69.4 Å². The SMILES string of the molecule is OC1CCC(Cc2ncc3nc(Nc4c(F)cccc4F)n(C4CCC(O)CC4)c3n2)CC1. The number of aromatic nitrogens is 4. The van der Waals surface area contributed by atoms with Crippen molar-refractivity contribution in [1.29, 1.82) is 0 Å². The van der Waals surface area contributed by atoms with E-state index in [0.717, 1.165) is 44.9 Å². The second-order valence-electron chi connectivity index (χ2n) is 9.36. The van der Waals surface area contributed by atoms with E-state index in [2.05, 4.69) is 15.3 Å². The first-order valence-corrected chi connectivity index (χ1v) is 11.8. The van der Waals surface area contributed by atoms with Gasteiger partial charge in [0.25, 0.3) is 0 Å². The molecule has 2 aromatic heterocycles. The molecule has 2 aliphatic carbocycles. The molecule has 9 heteroatoms. The number of hydrogen-bond donors (Lipinski definition) is 3. The summed E-state index contributed by atoms with van der Waals surface area (Å²) >= 11 is 0. The van der Waals surface area contributed by atoms with Gasteiger partial charge < -0.3 is 15.5 Å². The highest BCUT2D eigenvalue weighted by atomic mass is 19.1. The standard InChI is InChI=1S/C24H29F2N5O2/c25-18-2-1-3-19(26)22(18)30-24-28-20-13-27-21(12-14-4-8-16(32)9-5-14)29-23(20)31(24)15-6-10-17(33)11-7-15/h1-3,13-17,32-33H,4-12H2,(H,28,30). The predicted octanol–water partition coefficient (Wildman–Crippen LogP) is 4.42. The molecule has 0 atom stereocenters. The molecule has 7 nitrogen and oxygen atoms in total. The Bertz CT molecular complexity index is 1100. The highest BCUT2D eigenvalue weighted by molar-refractivity contribution is 5.75. The van der Waals surface area contributed by atoms with Crippen molar-refractivity contribution >= 4 is 22.8 Å². The first kappa shape index (κ1) is 22.2. The molecule has 0 saturated heterocycles. The molecule has 1 aromatic carbocycles. The van der Waals surface area contributed by atoms with Gasteiger partial charge in [-0.15, -0.1) is 0 Å². The quantitative estimate of drug-likeness (QED) is 0.525. The summed E-state index contributed by atoms with van der Waals surface area (Å²) in [5.41, 5.74) is 0.943. The summed E-state index contributed by atoms with van der Waals surface area (Å²) in [5, 5.41) is 22.6. The van der Waals surface area contributed by atoms with Gasteiger partial charge in [-0.25, -0.2) is 23.7 Å². The Morgan fingerprint density at radius 3 is 2.21 bits per heavy atom. The summed E-state index contributed by atoms with van der Waals surface area (Å²) in [6.07, 6.45) is 8.11. The van der Waals surface area contributed by atoms with Crippen molar-refractivity contribution in [3.05, 3.63) is 41.9 Å². The number of hydrogen-bond acceptors (Lipinski definition) is 6. The van der Waals surface area contributed by atoms with E-state index in [1.54, 1.807) is 6.20 Å². The zero-order valence-corrected chi connectivity index (χ0v) is 18.4. The van der Waals surface area contributed by atoms with Crippen molar-refractivity contribution in [2.24, 2.45) is 5.92 Å². The van der Waals surface area contributed by atoms with Gasteiger partial charge in [0, 0.05) is 12.5 Å². The average molecular weight is 458 g/mol. The van der Waals surface area contributed by atoms with E-state index in [9.17, 15) is 19.0 Å². The molecule has 2 fully saturated rings. The summed E-state index contributed by atoms with van der Waals surface area (Å²) in [4.78, 5) is 13.9. The number of imidazole rings is 1. The molecule has 0 spiro atoms. The van der Waals surface area contributed by atoms with E-state index in [1.165, 1.54) is 18.2 Å². The zero-order chi connectivity index (χ0) is 22.9. The van der Waals surface area contributed by atoms with Crippen LogP contribution in [0.1, 0.15) is 63.2 Å².